The predicted molar refractivity (Wildman–Crippen MR) is 129 cm³/mol. The minimum Gasteiger partial charge on any atom is -0.475 e. The van der Waals surface area contributed by atoms with Gasteiger partial charge >= 0.3 is 23.8 Å². The van der Waals surface area contributed by atoms with Gasteiger partial charge in [0.25, 0.3) is 5.56 Å². The normalized spacial score (nSPS) is 13.4. The number of aromatic nitrogens is 4. The van der Waals surface area contributed by atoms with Crippen molar-refractivity contribution in [3.63, 3.8) is 0 Å². The van der Waals surface area contributed by atoms with E-state index in [0.717, 1.165) is 17.7 Å². The van der Waals surface area contributed by atoms with Gasteiger partial charge in [-0.25, -0.2) is 9.59 Å². The number of aliphatic carboxylic acids is 1. The first kappa shape index (κ1) is 30.4. The number of nitrogens with zero attached hydrogens (tertiary/aromatic N) is 5. The summed E-state index contributed by atoms with van der Waals surface area (Å²) in [5, 5.41) is 10.4. The van der Waals surface area contributed by atoms with Crippen LogP contribution in [0.5, 0.6) is 0 Å². The van der Waals surface area contributed by atoms with Crippen LogP contribution in [0, 0.1) is 11.8 Å². The lowest BCUT2D eigenvalue weighted by molar-refractivity contribution is -0.192. The Bertz CT molecular complexity index is 1310. The van der Waals surface area contributed by atoms with E-state index >= 15 is 0 Å². The van der Waals surface area contributed by atoms with Gasteiger partial charge in [-0.2, -0.15) is 18.2 Å². The Morgan fingerprint density at radius 3 is 2.32 bits per heavy atom. The average Bonchev–Trinajstić information content (AvgIpc) is 3.27. The van der Waals surface area contributed by atoms with Crippen molar-refractivity contribution in [2.45, 2.75) is 39.7 Å². The summed E-state index contributed by atoms with van der Waals surface area (Å²) in [6, 6.07) is 0. The van der Waals surface area contributed by atoms with Crippen LogP contribution in [0.3, 0.4) is 0 Å². The summed E-state index contributed by atoms with van der Waals surface area (Å²) in [7, 11) is 1.25. The van der Waals surface area contributed by atoms with Gasteiger partial charge in [0, 0.05) is 32.8 Å². The van der Waals surface area contributed by atoms with Crippen molar-refractivity contribution < 1.29 is 37.3 Å². The van der Waals surface area contributed by atoms with Crippen LogP contribution in [0.25, 0.3) is 11.2 Å². The van der Waals surface area contributed by atoms with E-state index in [1.165, 1.54) is 11.7 Å². The fourth-order valence-electron chi connectivity index (χ4n) is 3.53. The van der Waals surface area contributed by atoms with Crippen molar-refractivity contribution in [2.75, 3.05) is 51.4 Å². The first-order valence-electron chi connectivity index (χ1n) is 11.5. The van der Waals surface area contributed by atoms with Crippen LogP contribution >= 0.6 is 0 Å². The molecule has 13 nitrogen and oxygen atoms in total. The number of anilines is 1. The van der Waals surface area contributed by atoms with Gasteiger partial charge in [0.05, 0.1) is 26.8 Å². The molecule has 1 saturated heterocycles. The SMILES string of the molecule is CC#CCn1c(N2CCNCC2)nc2c1c(=O)n(CCOCC)c(=O)n2CC(=O)OC.O=C(O)C(F)(F)F. The molecule has 0 radical (unpaired) electrons. The lowest BCUT2D eigenvalue weighted by Gasteiger charge is -2.28. The van der Waals surface area contributed by atoms with Crippen molar-refractivity contribution in [1.29, 1.82) is 0 Å². The van der Waals surface area contributed by atoms with Crippen molar-refractivity contribution >= 4 is 29.1 Å². The monoisotopic (exact) mass is 546 g/mol. The Balaban J connectivity index is 0.000000638. The number of carboxylic acid groups (broad SMARTS) is 1. The number of methoxy groups -OCH3 is 1. The van der Waals surface area contributed by atoms with Gasteiger partial charge in [-0.3, -0.25) is 23.3 Å². The largest absolute Gasteiger partial charge is 0.490 e. The van der Waals surface area contributed by atoms with Gasteiger partial charge in [-0.1, -0.05) is 5.92 Å². The number of nitrogens with one attached hydrogen (secondary N) is 1. The number of hydrogen-bond acceptors (Lipinski definition) is 9. The van der Waals surface area contributed by atoms with E-state index in [-0.39, 0.29) is 37.4 Å². The van der Waals surface area contributed by atoms with Crippen LogP contribution in [0.4, 0.5) is 19.1 Å². The van der Waals surface area contributed by atoms with E-state index in [0.29, 0.717) is 25.6 Å². The topological polar surface area (TPSA) is 150 Å². The Morgan fingerprint density at radius 2 is 1.79 bits per heavy atom. The van der Waals surface area contributed by atoms with Crippen LogP contribution in [0.15, 0.2) is 9.59 Å². The molecule has 0 amide bonds. The Kier molecular flexibility index (Phi) is 10.9. The molecule has 0 aliphatic carbocycles. The number of piperazine rings is 1. The van der Waals surface area contributed by atoms with E-state index in [4.69, 9.17) is 19.4 Å². The second-order valence-corrected chi connectivity index (χ2v) is 7.74. The molecule has 0 saturated carbocycles. The number of alkyl halides is 3. The molecule has 0 aromatic carbocycles. The van der Waals surface area contributed by atoms with Crippen LogP contribution in [0.2, 0.25) is 0 Å². The van der Waals surface area contributed by atoms with E-state index in [9.17, 15) is 27.6 Å². The molecule has 3 heterocycles. The molecule has 16 heteroatoms. The molecule has 0 unspecified atom stereocenters. The first-order valence-corrected chi connectivity index (χ1v) is 11.5. The third-order valence-electron chi connectivity index (χ3n) is 5.33. The number of halogens is 3. The summed E-state index contributed by atoms with van der Waals surface area (Å²) in [4.78, 5) is 54.1. The molecule has 1 fully saturated rings. The molecule has 38 heavy (non-hydrogen) atoms. The van der Waals surface area contributed by atoms with Gasteiger partial charge < -0.3 is 24.8 Å². The minimum absolute atomic E-state index is 0.0657. The Labute approximate surface area is 214 Å². The molecule has 2 aromatic heterocycles. The third kappa shape index (κ3) is 7.35. The molecule has 2 aromatic rings. The zero-order chi connectivity index (χ0) is 28.5. The average molecular weight is 547 g/mol. The maximum atomic E-state index is 13.4. The standard InChI is InChI=1S/C20H28N6O5.C2HF3O2/c1-4-6-9-24-16-17(22-19(24)23-10-7-21-8-11-23)26(14-15(27)30-3)20(29)25(18(16)28)12-13-31-5-2;3-2(4,5)1(6)7/h21H,5,7-14H2,1-3H3;(H,6,7). The molecular weight excluding hydrogens is 517 g/mol. The minimum atomic E-state index is -5.08. The second-order valence-electron chi connectivity index (χ2n) is 7.74. The molecule has 1 aliphatic heterocycles. The van der Waals surface area contributed by atoms with Gasteiger partial charge in [0.15, 0.2) is 11.2 Å². The number of carbonyl (C=O) groups is 2. The van der Waals surface area contributed by atoms with Crippen molar-refractivity contribution in [3.8, 4) is 11.8 Å². The van der Waals surface area contributed by atoms with E-state index < -0.39 is 29.4 Å². The number of esters is 1. The molecule has 3 rings (SSSR count). The van der Waals surface area contributed by atoms with E-state index in [1.807, 2.05) is 11.8 Å². The summed E-state index contributed by atoms with van der Waals surface area (Å²) < 4.78 is 45.8. The number of fused-ring (bicyclic) bond motifs is 1. The molecule has 210 valence electrons. The lowest BCUT2D eigenvalue weighted by Crippen LogP contribution is -2.44. The summed E-state index contributed by atoms with van der Waals surface area (Å²) in [5.74, 6) is 3.02. The smallest absolute Gasteiger partial charge is 0.475 e. The fourth-order valence-corrected chi connectivity index (χ4v) is 3.53. The quantitative estimate of drug-likeness (QED) is 0.255. The highest BCUT2D eigenvalue weighted by Gasteiger charge is 2.38. The number of ether oxygens (including phenoxy) is 2. The summed E-state index contributed by atoms with van der Waals surface area (Å²) >= 11 is 0. The van der Waals surface area contributed by atoms with E-state index in [2.05, 4.69) is 22.1 Å². The summed E-state index contributed by atoms with van der Waals surface area (Å²) in [6.45, 7) is 7.11. The van der Waals surface area contributed by atoms with E-state index in [1.54, 1.807) is 11.5 Å². The number of imidazole rings is 1. The van der Waals surface area contributed by atoms with Crippen LogP contribution in [0.1, 0.15) is 13.8 Å². The molecule has 0 atom stereocenters. The molecular formula is C22H29F3N6O7. The maximum absolute atomic E-state index is 13.4. The van der Waals surface area contributed by atoms with Gasteiger partial charge in [0.1, 0.15) is 6.54 Å². The number of hydrogen-bond donors (Lipinski definition) is 2. The van der Waals surface area contributed by atoms with Crippen LogP contribution in [-0.4, -0.2) is 88.4 Å². The summed E-state index contributed by atoms with van der Waals surface area (Å²) in [5.41, 5.74) is -0.718. The van der Waals surface area contributed by atoms with Gasteiger partial charge in [-0.05, 0) is 13.8 Å². The molecule has 0 spiro atoms. The van der Waals surface area contributed by atoms with Crippen molar-refractivity contribution in [2.24, 2.45) is 0 Å². The number of carboxylic acids is 1. The number of rotatable bonds is 8. The summed E-state index contributed by atoms with van der Waals surface area (Å²) in [6.07, 6.45) is -5.08. The highest BCUT2D eigenvalue weighted by molar-refractivity contribution is 5.77. The number of carbonyl (C=O) groups excluding carboxylic acids is 1. The van der Waals surface area contributed by atoms with Crippen LogP contribution < -0.4 is 21.5 Å². The predicted octanol–water partition coefficient (Wildman–Crippen LogP) is -0.365. The third-order valence-corrected chi connectivity index (χ3v) is 5.33. The first-order chi connectivity index (χ1) is 18.0. The van der Waals surface area contributed by atoms with Crippen molar-refractivity contribution in [3.05, 3.63) is 20.8 Å². The lowest BCUT2D eigenvalue weighted by atomic mass is 10.4. The maximum Gasteiger partial charge on any atom is 0.490 e. The second kappa shape index (κ2) is 13.6. The molecule has 0 bridgehead atoms. The van der Waals surface area contributed by atoms with Crippen molar-refractivity contribution in [1.82, 2.24) is 24.0 Å². The highest BCUT2D eigenvalue weighted by atomic mass is 19.4. The van der Waals surface area contributed by atoms with Gasteiger partial charge in [-0.15, -0.1) is 5.92 Å². The highest BCUT2D eigenvalue weighted by Crippen LogP contribution is 2.20. The molecule has 2 N–H and O–H groups in total. The fraction of sp³-hybridized carbons (Fsp3) is 0.591. The zero-order valence-corrected chi connectivity index (χ0v) is 21.1. The molecule has 1 aliphatic rings. The Hall–Kier alpha value is -3.84. The zero-order valence-electron chi connectivity index (χ0n) is 21.1. The Morgan fingerprint density at radius 1 is 1.16 bits per heavy atom. The van der Waals surface area contributed by atoms with Gasteiger partial charge in [0.2, 0.25) is 5.95 Å². The van der Waals surface area contributed by atoms with Crippen LogP contribution in [-0.2, 0) is 38.7 Å².